The van der Waals surface area contributed by atoms with Crippen molar-refractivity contribution < 1.29 is 18.0 Å². The van der Waals surface area contributed by atoms with Gasteiger partial charge in [0.2, 0.25) is 5.95 Å². The SMILES string of the molecule is Cn1cc2c(nc(NC(=O)Nc3ccccc3)n3nc(-c4ccc(C(F)(F)F)cc4)nc23)n1. The van der Waals surface area contributed by atoms with Crippen molar-refractivity contribution >= 4 is 34.3 Å². The predicted molar refractivity (Wildman–Crippen MR) is 115 cm³/mol. The van der Waals surface area contributed by atoms with E-state index >= 15 is 0 Å². The van der Waals surface area contributed by atoms with Crippen LogP contribution >= 0.6 is 0 Å². The standard InChI is InChI=1S/C21H15F3N8O/c1-31-11-15-17(29-31)27-19(28-20(33)25-14-5-3-2-4-6-14)32-18(15)26-16(30-32)12-7-9-13(10-8-12)21(22,23)24/h2-11H,1H3,(H2,25,27,28,29,33). The number of urea groups is 1. The second-order valence-electron chi connectivity index (χ2n) is 7.17. The number of rotatable bonds is 3. The summed E-state index contributed by atoms with van der Waals surface area (Å²) in [5, 5.41) is 14.5. The fourth-order valence-electron chi connectivity index (χ4n) is 3.30. The van der Waals surface area contributed by atoms with E-state index in [9.17, 15) is 18.0 Å². The van der Waals surface area contributed by atoms with Gasteiger partial charge in [0.05, 0.1) is 10.9 Å². The molecule has 0 unspecified atom stereocenters. The lowest BCUT2D eigenvalue weighted by Crippen LogP contribution is -2.22. The van der Waals surface area contributed by atoms with Crippen LogP contribution in [0.2, 0.25) is 0 Å². The number of benzene rings is 2. The fraction of sp³-hybridized carbons (Fsp3) is 0.0952. The highest BCUT2D eigenvalue weighted by atomic mass is 19.4. The molecule has 2 amide bonds. The monoisotopic (exact) mass is 452 g/mol. The summed E-state index contributed by atoms with van der Waals surface area (Å²) in [5.41, 5.74) is 0.855. The Morgan fingerprint density at radius 1 is 0.939 bits per heavy atom. The first-order valence-electron chi connectivity index (χ1n) is 9.69. The molecule has 0 radical (unpaired) electrons. The third-order valence-corrected chi connectivity index (χ3v) is 4.80. The van der Waals surface area contributed by atoms with E-state index in [-0.39, 0.29) is 11.8 Å². The highest BCUT2D eigenvalue weighted by molar-refractivity contribution is 6.00. The first-order valence-corrected chi connectivity index (χ1v) is 9.69. The molecular formula is C21H15F3N8O. The van der Waals surface area contributed by atoms with Crippen LogP contribution in [-0.4, -0.2) is 35.4 Å². The highest BCUT2D eigenvalue weighted by Crippen LogP contribution is 2.31. The Morgan fingerprint density at radius 3 is 2.36 bits per heavy atom. The van der Waals surface area contributed by atoms with Gasteiger partial charge in [0.1, 0.15) is 0 Å². The van der Waals surface area contributed by atoms with Crippen LogP contribution in [0.5, 0.6) is 0 Å². The lowest BCUT2D eigenvalue weighted by Gasteiger charge is -2.08. The summed E-state index contributed by atoms with van der Waals surface area (Å²) >= 11 is 0. The molecule has 33 heavy (non-hydrogen) atoms. The second-order valence-corrected chi connectivity index (χ2v) is 7.17. The number of carbonyl (C=O) groups is 1. The number of para-hydroxylation sites is 1. The van der Waals surface area contributed by atoms with Gasteiger partial charge in [0, 0.05) is 24.5 Å². The van der Waals surface area contributed by atoms with E-state index in [1.165, 1.54) is 21.3 Å². The Morgan fingerprint density at radius 2 is 1.67 bits per heavy atom. The van der Waals surface area contributed by atoms with E-state index in [1.54, 1.807) is 37.5 Å². The van der Waals surface area contributed by atoms with Gasteiger partial charge >= 0.3 is 12.2 Å². The second kappa shape index (κ2) is 7.58. The van der Waals surface area contributed by atoms with E-state index in [4.69, 9.17) is 0 Å². The highest BCUT2D eigenvalue weighted by Gasteiger charge is 2.30. The van der Waals surface area contributed by atoms with Crippen LogP contribution in [0.25, 0.3) is 28.1 Å². The number of anilines is 2. The molecule has 3 aromatic heterocycles. The Labute approximate surface area is 183 Å². The molecule has 2 aromatic carbocycles. The summed E-state index contributed by atoms with van der Waals surface area (Å²) in [7, 11) is 1.71. The number of amides is 2. The van der Waals surface area contributed by atoms with Gasteiger partial charge in [-0.05, 0) is 24.3 Å². The average molecular weight is 452 g/mol. The number of hydrogen-bond acceptors (Lipinski definition) is 5. The predicted octanol–water partition coefficient (Wildman–Crippen LogP) is 4.34. The smallest absolute Gasteiger partial charge is 0.308 e. The van der Waals surface area contributed by atoms with Gasteiger partial charge in [-0.2, -0.15) is 27.8 Å². The molecule has 0 aliphatic heterocycles. The van der Waals surface area contributed by atoms with Gasteiger partial charge in [-0.25, -0.2) is 9.78 Å². The Kier molecular flexibility index (Phi) is 4.69. The molecule has 5 aromatic rings. The van der Waals surface area contributed by atoms with Gasteiger partial charge < -0.3 is 5.32 Å². The normalized spacial score (nSPS) is 11.8. The van der Waals surface area contributed by atoms with Crippen LogP contribution in [0, 0.1) is 0 Å². The Hall–Kier alpha value is -4.48. The molecule has 9 nitrogen and oxygen atoms in total. The molecule has 0 aliphatic carbocycles. The number of aromatic nitrogens is 6. The van der Waals surface area contributed by atoms with Crippen LogP contribution in [0.15, 0.2) is 60.8 Å². The average Bonchev–Trinajstić information content (AvgIpc) is 3.37. The number of carbonyl (C=O) groups excluding carboxylic acids is 1. The van der Waals surface area contributed by atoms with Crippen LogP contribution < -0.4 is 10.6 Å². The van der Waals surface area contributed by atoms with Crippen LogP contribution in [-0.2, 0) is 13.2 Å². The summed E-state index contributed by atoms with van der Waals surface area (Å²) in [5.74, 6) is 0.226. The van der Waals surface area contributed by atoms with Crippen molar-refractivity contribution in [3.63, 3.8) is 0 Å². The van der Waals surface area contributed by atoms with Gasteiger partial charge in [0.25, 0.3) is 0 Å². The lowest BCUT2D eigenvalue weighted by atomic mass is 10.1. The molecule has 0 bridgehead atoms. The zero-order chi connectivity index (χ0) is 23.2. The molecule has 5 rings (SSSR count). The topological polar surface area (TPSA) is 102 Å². The molecule has 0 saturated heterocycles. The quantitative estimate of drug-likeness (QED) is 0.424. The van der Waals surface area contributed by atoms with Crippen molar-refractivity contribution in [2.24, 2.45) is 7.05 Å². The largest absolute Gasteiger partial charge is 0.416 e. The first kappa shape index (κ1) is 20.4. The molecule has 0 spiro atoms. The van der Waals surface area contributed by atoms with Gasteiger partial charge in [0.15, 0.2) is 17.1 Å². The lowest BCUT2D eigenvalue weighted by molar-refractivity contribution is -0.137. The zero-order valence-corrected chi connectivity index (χ0v) is 17.0. The number of halogens is 3. The van der Waals surface area contributed by atoms with Crippen LogP contribution in [0.3, 0.4) is 0 Å². The summed E-state index contributed by atoms with van der Waals surface area (Å²) in [6.45, 7) is 0. The van der Waals surface area contributed by atoms with Gasteiger partial charge in [-0.3, -0.25) is 10.00 Å². The minimum atomic E-state index is -4.44. The van der Waals surface area contributed by atoms with Crippen molar-refractivity contribution in [2.45, 2.75) is 6.18 Å². The molecule has 3 heterocycles. The number of nitrogens with one attached hydrogen (secondary N) is 2. The van der Waals surface area contributed by atoms with E-state index < -0.39 is 17.8 Å². The van der Waals surface area contributed by atoms with E-state index in [0.717, 1.165) is 12.1 Å². The molecule has 0 aliphatic rings. The number of nitrogens with zero attached hydrogens (tertiary/aromatic N) is 6. The molecule has 166 valence electrons. The maximum absolute atomic E-state index is 12.9. The van der Waals surface area contributed by atoms with Gasteiger partial charge in [-0.1, -0.05) is 30.3 Å². The zero-order valence-electron chi connectivity index (χ0n) is 17.0. The number of fused-ring (bicyclic) bond motifs is 3. The molecule has 0 saturated carbocycles. The van der Waals surface area contributed by atoms with E-state index in [0.29, 0.717) is 27.9 Å². The van der Waals surface area contributed by atoms with Crippen molar-refractivity contribution in [3.05, 3.63) is 66.4 Å². The first-order chi connectivity index (χ1) is 15.8. The summed E-state index contributed by atoms with van der Waals surface area (Å²) in [4.78, 5) is 21.4. The number of alkyl halides is 3. The maximum Gasteiger partial charge on any atom is 0.416 e. The van der Waals surface area contributed by atoms with Crippen molar-refractivity contribution in [3.8, 4) is 11.4 Å². The van der Waals surface area contributed by atoms with E-state index in [1.807, 2.05) is 6.07 Å². The minimum Gasteiger partial charge on any atom is -0.308 e. The summed E-state index contributed by atoms with van der Waals surface area (Å²) in [6.07, 6.45) is -2.75. The molecule has 0 fully saturated rings. The molecular weight excluding hydrogens is 437 g/mol. The minimum absolute atomic E-state index is 0.0512. The Balaban J connectivity index is 1.56. The molecule has 0 atom stereocenters. The maximum atomic E-state index is 12.9. The molecule has 12 heteroatoms. The van der Waals surface area contributed by atoms with Crippen molar-refractivity contribution in [1.29, 1.82) is 0 Å². The third kappa shape index (κ3) is 3.93. The fourth-order valence-corrected chi connectivity index (χ4v) is 3.30. The van der Waals surface area contributed by atoms with Crippen LogP contribution in [0.1, 0.15) is 5.56 Å². The van der Waals surface area contributed by atoms with Crippen molar-refractivity contribution in [2.75, 3.05) is 10.6 Å². The van der Waals surface area contributed by atoms with E-state index in [2.05, 4.69) is 30.8 Å². The summed E-state index contributed by atoms with van der Waals surface area (Å²) < 4.78 is 41.6. The Bertz CT molecular complexity index is 1470. The van der Waals surface area contributed by atoms with Gasteiger partial charge in [-0.15, -0.1) is 5.10 Å². The van der Waals surface area contributed by atoms with Crippen LogP contribution in [0.4, 0.5) is 29.6 Å². The van der Waals surface area contributed by atoms with Crippen molar-refractivity contribution in [1.82, 2.24) is 29.4 Å². The molecule has 2 N–H and O–H groups in total. The number of hydrogen-bond donors (Lipinski definition) is 2. The summed E-state index contributed by atoms with van der Waals surface area (Å²) in [6, 6.07) is 12.8. The third-order valence-electron chi connectivity index (χ3n) is 4.80. The number of aryl methyl sites for hydroxylation is 1.